The van der Waals surface area contributed by atoms with Gasteiger partial charge in [-0.25, -0.2) is 8.78 Å². The number of esters is 2. The van der Waals surface area contributed by atoms with Gasteiger partial charge in [0.1, 0.15) is 29.2 Å². The first kappa shape index (κ1) is 41.4. The van der Waals surface area contributed by atoms with E-state index in [2.05, 4.69) is 15.3 Å². The van der Waals surface area contributed by atoms with Gasteiger partial charge in [-0.2, -0.15) is 10.2 Å². The van der Waals surface area contributed by atoms with Crippen molar-refractivity contribution in [2.75, 3.05) is 20.3 Å². The fourth-order valence-corrected chi connectivity index (χ4v) is 7.50. The quantitative estimate of drug-likeness (QED) is 0.0902. The third kappa shape index (κ3) is 9.65. The summed E-state index contributed by atoms with van der Waals surface area (Å²) in [5.74, 6) is -0.469. The first-order valence-corrected chi connectivity index (χ1v) is 20.3. The highest BCUT2D eigenvalue weighted by molar-refractivity contribution is 5.87. The molecule has 10 nitrogen and oxygen atoms in total. The van der Waals surface area contributed by atoms with Crippen LogP contribution in [0.3, 0.4) is 0 Å². The van der Waals surface area contributed by atoms with Crippen LogP contribution in [0.2, 0.25) is 0 Å². The summed E-state index contributed by atoms with van der Waals surface area (Å²) in [5.41, 5.74) is 7.59. The van der Waals surface area contributed by atoms with Crippen LogP contribution >= 0.6 is 0 Å². The highest BCUT2D eigenvalue weighted by Gasteiger charge is 2.24. The Morgan fingerprint density at radius 2 is 1.34 bits per heavy atom. The molecule has 0 spiro atoms. The SMILES string of the molecule is COC(=O)CC(OC(=O)CCc1ccc(OCCc2ccccc2F)c(-c2ccc3c(cnn3C)c2)c1)c1ccc(OCCc2ccccc2F)c(-c2ccc3[nH]ncc3c2)c1. The third-order valence-electron chi connectivity index (χ3n) is 10.9. The predicted molar refractivity (Wildman–Crippen MR) is 233 cm³/mol. The number of hydrogen-bond donors (Lipinski definition) is 1. The van der Waals surface area contributed by atoms with E-state index in [1.165, 1.54) is 19.2 Å². The van der Waals surface area contributed by atoms with Crippen LogP contribution in [-0.4, -0.2) is 52.2 Å². The van der Waals surface area contributed by atoms with Crippen LogP contribution in [0.25, 0.3) is 44.1 Å². The molecule has 0 bridgehead atoms. The lowest BCUT2D eigenvalue weighted by atomic mass is 9.97. The molecule has 0 saturated carbocycles. The number of ether oxygens (including phenoxy) is 4. The lowest BCUT2D eigenvalue weighted by Gasteiger charge is -2.20. The van der Waals surface area contributed by atoms with Gasteiger partial charge >= 0.3 is 11.9 Å². The Hall–Kier alpha value is -7.34. The standard InChI is InChI=1S/C50H44F2N4O6/c1-56-45-17-14-36(27-39(45)31-54-56)40-25-32(11-18-46(40)60-23-21-33-7-3-5-9-42(33)51)12-20-49(57)62-48(29-50(58)59-2)37-15-19-47(61-24-22-34-8-4-6-10-43(34)52)41(28-37)35-13-16-44-38(26-35)30-53-55-44/h3-11,13-19,25-28,30-31,48H,12,20-24,29H2,1-2H3,(H,53,55). The molecule has 2 heterocycles. The number of nitrogens with one attached hydrogen (secondary N) is 1. The second-order valence-electron chi connectivity index (χ2n) is 14.9. The molecule has 0 radical (unpaired) electrons. The molecule has 12 heteroatoms. The number of carbonyl (C=O) groups excluding carboxylic acids is 2. The van der Waals surface area contributed by atoms with Gasteiger partial charge in [-0.3, -0.25) is 19.4 Å². The minimum Gasteiger partial charge on any atom is -0.493 e. The maximum atomic E-state index is 14.4. The van der Waals surface area contributed by atoms with Gasteiger partial charge in [-0.1, -0.05) is 60.7 Å². The van der Waals surface area contributed by atoms with Crippen LogP contribution in [0.5, 0.6) is 11.5 Å². The molecule has 2 aromatic heterocycles. The summed E-state index contributed by atoms with van der Waals surface area (Å²) >= 11 is 0. The van der Waals surface area contributed by atoms with Gasteiger partial charge in [0.2, 0.25) is 0 Å². The fourth-order valence-electron chi connectivity index (χ4n) is 7.50. The number of rotatable bonds is 17. The van der Waals surface area contributed by atoms with Gasteiger partial charge in [0, 0.05) is 48.2 Å². The molecule has 6 aromatic carbocycles. The van der Waals surface area contributed by atoms with E-state index < -0.39 is 18.0 Å². The Kier molecular flexibility index (Phi) is 12.6. The van der Waals surface area contributed by atoms with Crippen LogP contribution in [0.15, 0.2) is 134 Å². The number of halogens is 2. The first-order valence-electron chi connectivity index (χ1n) is 20.3. The summed E-state index contributed by atoms with van der Waals surface area (Å²) in [7, 11) is 3.17. The van der Waals surface area contributed by atoms with Gasteiger partial charge < -0.3 is 18.9 Å². The number of hydrogen-bond acceptors (Lipinski definition) is 8. The van der Waals surface area contributed by atoms with Crippen LogP contribution in [0.4, 0.5) is 8.78 Å². The van der Waals surface area contributed by atoms with Crippen molar-refractivity contribution in [2.45, 2.75) is 38.2 Å². The maximum absolute atomic E-state index is 14.4. The van der Waals surface area contributed by atoms with Crippen LogP contribution in [0.1, 0.15) is 41.2 Å². The highest BCUT2D eigenvalue weighted by Crippen LogP contribution is 2.37. The zero-order valence-electron chi connectivity index (χ0n) is 34.3. The van der Waals surface area contributed by atoms with E-state index >= 15 is 0 Å². The molecule has 1 N–H and O–H groups in total. The number of fused-ring (bicyclic) bond motifs is 2. The summed E-state index contributed by atoms with van der Waals surface area (Å²) in [5, 5.41) is 13.3. The Morgan fingerprint density at radius 1 is 0.694 bits per heavy atom. The average molecular weight is 835 g/mol. The normalized spacial score (nSPS) is 11.7. The monoisotopic (exact) mass is 834 g/mol. The van der Waals surface area contributed by atoms with Crippen LogP contribution < -0.4 is 9.47 Å². The van der Waals surface area contributed by atoms with Gasteiger partial charge in [-0.15, -0.1) is 0 Å². The number of aromatic nitrogens is 4. The zero-order chi connectivity index (χ0) is 43.0. The fraction of sp³-hybridized carbons (Fsp3) is 0.200. The number of benzene rings is 6. The van der Waals surface area contributed by atoms with Gasteiger partial charge in [0.05, 0.1) is 50.2 Å². The third-order valence-corrected chi connectivity index (χ3v) is 10.9. The second kappa shape index (κ2) is 18.9. The number of methoxy groups -OCH3 is 1. The van der Waals surface area contributed by atoms with Crippen molar-refractivity contribution in [3.8, 4) is 33.8 Å². The van der Waals surface area contributed by atoms with Gasteiger partial charge in [0.15, 0.2) is 0 Å². The molecule has 0 aliphatic heterocycles. The van der Waals surface area contributed by atoms with Crippen molar-refractivity contribution < 1.29 is 37.3 Å². The smallest absolute Gasteiger partial charge is 0.309 e. The summed E-state index contributed by atoms with van der Waals surface area (Å²) in [6, 6.07) is 36.2. The summed E-state index contributed by atoms with van der Waals surface area (Å²) in [6.07, 6.45) is 3.45. The van der Waals surface area contributed by atoms with Gasteiger partial charge in [0.25, 0.3) is 0 Å². The number of aryl methyl sites for hydroxylation is 2. The molecule has 0 amide bonds. The Morgan fingerprint density at radius 3 is 2.03 bits per heavy atom. The van der Waals surface area contributed by atoms with E-state index in [9.17, 15) is 18.4 Å². The molecule has 8 aromatic rings. The zero-order valence-corrected chi connectivity index (χ0v) is 34.3. The van der Waals surface area contributed by atoms with Crippen molar-refractivity contribution >= 4 is 33.7 Å². The summed E-state index contributed by atoms with van der Waals surface area (Å²) in [4.78, 5) is 26.4. The molecule has 1 atom stereocenters. The van der Waals surface area contributed by atoms with Crippen molar-refractivity contribution in [1.82, 2.24) is 20.0 Å². The number of aromatic amines is 1. The molecule has 62 heavy (non-hydrogen) atoms. The summed E-state index contributed by atoms with van der Waals surface area (Å²) in [6.45, 7) is 0.471. The van der Waals surface area contributed by atoms with Crippen LogP contribution in [0, 0.1) is 11.6 Å². The predicted octanol–water partition coefficient (Wildman–Crippen LogP) is 10.1. The number of carbonyl (C=O) groups is 2. The maximum Gasteiger partial charge on any atom is 0.309 e. The molecule has 0 aliphatic rings. The minimum absolute atomic E-state index is 0.0213. The van der Waals surface area contributed by atoms with Crippen LogP contribution in [-0.2, 0) is 45.4 Å². The molecular formula is C50H44F2N4O6. The van der Waals surface area contributed by atoms with Gasteiger partial charge in [-0.05, 0) is 100 Å². The molecular weight excluding hydrogens is 791 g/mol. The molecule has 314 valence electrons. The molecule has 0 fully saturated rings. The van der Waals surface area contributed by atoms with E-state index in [0.29, 0.717) is 53.0 Å². The van der Waals surface area contributed by atoms with E-state index in [1.807, 2.05) is 67.7 Å². The Bertz CT molecular complexity index is 2870. The van der Waals surface area contributed by atoms with E-state index in [1.54, 1.807) is 65.6 Å². The lowest BCUT2D eigenvalue weighted by Crippen LogP contribution is -2.17. The van der Waals surface area contributed by atoms with E-state index in [-0.39, 0.29) is 37.7 Å². The lowest BCUT2D eigenvalue weighted by molar-refractivity contribution is -0.154. The van der Waals surface area contributed by atoms with Crippen molar-refractivity contribution in [3.05, 3.63) is 168 Å². The topological polar surface area (TPSA) is 118 Å². The molecule has 0 aliphatic carbocycles. The highest BCUT2D eigenvalue weighted by atomic mass is 19.1. The average Bonchev–Trinajstić information content (AvgIpc) is 3.92. The number of nitrogens with zero attached hydrogens (tertiary/aromatic N) is 3. The van der Waals surface area contributed by atoms with Crippen molar-refractivity contribution in [3.63, 3.8) is 0 Å². The summed E-state index contributed by atoms with van der Waals surface area (Å²) < 4.78 is 54.2. The molecule has 1 unspecified atom stereocenters. The van der Waals surface area contributed by atoms with Crippen molar-refractivity contribution in [2.24, 2.45) is 7.05 Å². The molecule has 8 rings (SSSR count). The Balaban J connectivity index is 1.02. The second-order valence-corrected chi connectivity index (χ2v) is 14.9. The number of H-pyrrole nitrogens is 1. The Labute approximate surface area is 357 Å². The minimum atomic E-state index is -0.967. The largest absolute Gasteiger partial charge is 0.493 e. The van der Waals surface area contributed by atoms with E-state index in [0.717, 1.165) is 44.1 Å². The van der Waals surface area contributed by atoms with Crippen molar-refractivity contribution in [1.29, 1.82) is 0 Å². The first-order chi connectivity index (χ1) is 30.2. The van der Waals surface area contributed by atoms with E-state index in [4.69, 9.17) is 18.9 Å². The molecule has 0 saturated heterocycles.